The third-order valence-electron chi connectivity index (χ3n) is 3.95. The van der Waals surface area contributed by atoms with Crippen molar-refractivity contribution in [3.8, 4) is 0 Å². The summed E-state index contributed by atoms with van der Waals surface area (Å²) in [4.78, 5) is 14.8. The third kappa shape index (κ3) is 4.01. The van der Waals surface area contributed by atoms with E-state index in [1.165, 1.54) is 0 Å². The summed E-state index contributed by atoms with van der Waals surface area (Å²) in [6.45, 7) is 7.41. The van der Waals surface area contributed by atoms with Gasteiger partial charge in [0.2, 0.25) is 5.91 Å². The molecule has 1 N–H and O–H groups in total. The lowest BCUT2D eigenvalue weighted by Crippen LogP contribution is -2.41. The van der Waals surface area contributed by atoms with E-state index in [0.717, 1.165) is 18.5 Å². The minimum atomic E-state index is -0.191. The lowest BCUT2D eigenvalue weighted by Gasteiger charge is -2.27. The Hall–Kier alpha value is -1.00. The number of nitrogens with zero attached hydrogens (tertiary/aromatic N) is 1. The Labute approximate surface area is 132 Å². The highest BCUT2D eigenvalue weighted by Crippen LogP contribution is 2.28. The van der Waals surface area contributed by atoms with Crippen LogP contribution in [-0.2, 0) is 4.79 Å². The lowest BCUT2D eigenvalue weighted by atomic mass is 10.1. The van der Waals surface area contributed by atoms with E-state index < -0.39 is 0 Å². The summed E-state index contributed by atoms with van der Waals surface area (Å²) >= 11 is 1.81. The van der Waals surface area contributed by atoms with Crippen molar-refractivity contribution in [1.29, 1.82) is 0 Å². The number of thioether (sulfide) groups is 1. The van der Waals surface area contributed by atoms with Gasteiger partial charge < -0.3 is 4.90 Å². The van der Waals surface area contributed by atoms with E-state index in [1.807, 2.05) is 47.0 Å². The average Bonchev–Trinajstić information content (AvgIpc) is 2.76. The summed E-state index contributed by atoms with van der Waals surface area (Å²) in [5.74, 6) is 0.782. The molecule has 1 aliphatic rings. The minimum absolute atomic E-state index is 0.150. The average molecular weight is 306 g/mol. The predicted molar refractivity (Wildman–Crippen MR) is 90.3 cm³/mol. The summed E-state index contributed by atoms with van der Waals surface area (Å²) < 4.78 is 0. The Morgan fingerprint density at radius 2 is 1.90 bits per heavy atom. The number of carbonyl (C=O) groups excluding carboxylic acids is 1. The first-order chi connectivity index (χ1) is 10.0. The third-order valence-corrected chi connectivity index (χ3v) is 4.90. The van der Waals surface area contributed by atoms with Crippen molar-refractivity contribution in [2.75, 3.05) is 12.8 Å². The van der Waals surface area contributed by atoms with E-state index in [1.54, 1.807) is 0 Å². The number of hydrogen-bond donors (Lipinski definition) is 1. The van der Waals surface area contributed by atoms with Crippen molar-refractivity contribution in [3.05, 3.63) is 35.9 Å². The Kier molecular flexibility index (Phi) is 5.71. The molecule has 1 aliphatic heterocycles. The number of nitrogens with one attached hydrogen (secondary N) is 1. The van der Waals surface area contributed by atoms with Gasteiger partial charge in [-0.2, -0.15) is 11.8 Å². The highest BCUT2D eigenvalue weighted by molar-refractivity contribution is 7.99. The first-order valence-corrected chi connectivity index (χ1v) is 8.96. The molecular weight excluding hydrogens is 280 g/mol. The number of carbonyl (C=O) groups is 1. The lowest BCUT2D eigenvalue weighted by molar-refractivity contribution is -0.130. The molecule has 3 nitrogen and oxygen atoms in total. The van der Waals surface area contributed by atoms with Crippen LogP contribution in [0.15, 0.2) is 30.3 Å². The molecule has 0 aliphatic carbocycles. The highest BCUT2D eigenvalue weighted by atomic mass is 32.2. The van der Waals surface area contributed by atoms with Gasteiger partial charge in [0.05, 0.1) is 6.17 Å². The Bertz CT molecular complexity index is 463. The van der Waals surface area contributed by atoms with Crippen LogP contribution < -0.4 is 5.32 Å². The molecule has 1 aromatic rings. The van der Waals surface area contributed by atoms with Crippen LogP contribution in [-0.4, -0.2) is 35.0 Å². The van der Waals surface area contributed by atoms with E-state index >= 15 is 0 Å². The summed E-state index contributed by atoms with van der Waals surface area (Å²) in [7, 11) is 0. The van der Waals surface area contributed by atoms with Gasteiger partial charge in [0.25, 0.3) is 0 Å². The standard InChI is InChI=1S/C17H26N2OS/c1-12(2)10-15-18-16(14-8-6-5-7-9-14)17(20)19(15)11-13(3)21-4/h5-9,12-13,15-16,18H,10-11H2,1-4H3. The van der Waals surface area contributed by atoms with Crippen LogP contribution in [0.2, 0.25) is 0 Å². The highest BCUT2D eigenvalue weighted by Gasteiger charge is 2.39. The van der Waals surface area contributed by atoms with Gasteiger partial charge in [0.15, 0.2) is 0 Å². The smallest absolute Gasteiger partial charge is 0.245 e. The molecule has 21 heavy (non-hydrogen) atoms. The van der Waals surface area contributed by atoms with Crippen LogP contribution in [0.1, 0.15) is 38.8 Å². The van der Waals surface area contributed by atoms with E-state index in [-0.39, 0.29) is 18.1 Å². The van der Waals surface area contributed by atoms with Crippen LogP contribution in [0.25, 0.3) is 0 Å². The zero-order chi connectivity index (χ0) is 15.4. The maximum absolute atomic E-state index is 12.8. The van der Waals surface area contributed by atoms with Crippen molar-refractivity contribution in [2.24, 2.45) is 5.92 Å². The van der Waals surface area contributed by atoms with Crippen LogP contribution in [0.4, 0.5) is 0 Å². The Balaban J connectivity index is 2.18. The topological polar surface area (TPSA) is 32.3 Å². The van der Waals surface area contributed by atoms with Gasteiger partial charge in [-0.1, -0.05) is 51.1 Å². The summed E-state index contributed by atoms with van der Waals surface area (Å²) in [6, 6.07) is 9.85. The summed E-state index contributed by atoms with van der Waals surface area (Å²) in [5.41, 5.74) is 1.07. The summed E-state index contributed by atoms with van der Waals surface area (Å²) in [5, 5.41) is 3.99. The number of benzene rings is 1. The molecule has 1 fully saturated rings. The molecule has 0 spiro atoms. The second kappa shape index (κ2) is 7.32. The monoisotopic (exact) mass is 306 g/mol. The minimum Gasteiger partial charge on any atom is -0.324 e. The van der Waals surface area contributed by atoms with Gasteiger partial charge in [-0.15, -0.1) is 0 Å². The molecule has 1 heterocycles. The van der Waals surface area contributed by atoms with Crippen LogP contribution in [0, 0.1) is 5.92 Å². The largest absolute Gasteiger partial charge is 0.324 e. The first-order valence-electron chi connectivity index (χ1n) is 7.67. The molecule has 116 valence electrons. The fourth-order valence-corrected chi connectivity index (χ4v) is 3.08. The number of amides is 1. The van der Waals surface area contributed by atoms with Crippen molar-refractivity contribution < 1.29 is 4.79 Å². The zero-order valence-electron chi connectivity index (χ0n) is 13.4. The second-order valence-corrected chi connectivity index (χ2v) is 7.47. The van der Waals surface area contributed by atoms with Gasteiger partial charge in [0.1, 0.15) is 6.04 Å². The fourth-order valence-electron chi connectivity index (χ4n) is 2.77. The van der Waals surface area contributed by atoms with Crippen molar-refractivity contribution in [3.63, 3.8) is 0 Å². The predicted octanol–water partition coefficient (Wildman–Crippen LogP) is 3.28. The van der Waals surface area contributed by atoms with Crippen molar-refractivity contribution >= 4 is 17.7 Å². The SMILES string of the molecule is CSC(C)CN1C(=O)C(c2ccccc2)NC1CC(C)C. The van der Waals surface area contributed by atoms with Gasteiger partial charge in [-0.05, 0) is 24.2 Å². The Morgan fingerprint density at radius 1 is 1.24 bits per heavy atom. The molecule has 1 saturated heterocycles. The molecule has 4 heteroatoms. The molecule has 3 unspecified atom stereocenters. The number of rotatable bonds is 6. The maximum atomic E-state index is 12.8. The quantitative estimate of drug-likeness (QED) is 0.875. The maximum Gasteiger partial charge on any atom is 0.245 e. The van der Waals surface area contributed by atoms with Gasteiger partial charge >= 0.3 is 0 Å². The Morgan fingerprint density at radius 3 is 2.48 bits per heavy atom. The van der Waals surface area contributed by atoms with Gasteiger partial charge in [-0.25, -0.2) is 0 Å². The summed E-state index contributed by atoms with van der Waals surface area (Å²) in [6.07, 6.45) is 3.25. The molecule has 1 amide bonds. The molecule has 3 atom stereocenters. The molecule has 0 bridgehead atoms. The number of hydrogen-bond acceptors (Lipinski definition) is 3. The molecule has 0 radical (unpaired) electrons. The second-order valence-electron chi connectivity index (χ2n) is 6.19. The van der Waals surface area contributed by atoms with Crippen LogP contribution in [0.5, 0.6) is 0 Å². The van der Waals surface area contributed by atoms with Crippen molar-refractivity contribution in [2.45, 2.75) is 44.6 Å². The van der Waals surface area contributed by atoms with Crippen LogP contribution >= 0.6 is 11.8 Å². The van der Waals surface area contributed by atoms with E-state index in [0.29, 0.717) is 11.2 Å². The van der Waals surface area contributed by atoms with Gasteiger partial charge in [0, 0.05) is 11.8 Å². The first kappa shape index (κ1) is 16.4. The van der Waals surface area contributed by atoms with Crippen molar-refractivity contribution in [1.82, 2.24) is 10.2 Å². The normalized spacial score (nSPS) is 23.9. The van der Waals surface area contributed by atoms with E-state index in [2.05, 4.69) is 32.3 Å². The molecular formula is C17H26N2OS. The van der Waals surface area contributed by atoms with Crippen LogP contribution in [0.3, 0.4) is 0 Å². The molecule has 2 rings (SSSR count). The fraction of sp³-hybridized carbons (Fsp3) is 0.588. The van der Waals surface area contributed by atoms with E-state index in [9.17, 15) is 4.79 Å². The molecule has 0 saturated carbocycles. The van der Waals surface area contributed by atoms with Gasteiger partial charge in [-0.3, -0.25) is 10.1 Å². The van der Waals surface area contributed by atoms with E-state index in [4.69, 9.17) is 0 Å². The zero-order valence-corrected chi connectivity index (χ0v) is 14.2. The molecule has 1 aromatic carbocycles. The molecule has 0 aromatic heterocycles.